The van der Waals surface area contributed by atoms with Crippen LogP contribution in [0.3, 0.4) is 0 Å². The van der Waals surface area contributed by atoms with Crippen molar-refractivity contribution >= 4 is 23.2 Å². The van der Waals surface area contributed by atoms with E-state index >= 15 is 0 Å². The number of hydrogen-bond donors (Lipinski definition) is 1. The molecule has 2 aromatic heterocycles. The number of aromatic nitrogens is 1. The average Bonchev–Trinajstić information content (AvgIpc) is 3.33. The van der Waals surface area contributed by atoms with Crippen molar-refractivity contribution in [2.24, 2.45) is 0 Å². The molecule has 0 saturated carbocycles. The molecule has 1 aliphatic heterocycles. The van der Waals surface area contributed by atoms with E-state index in [2.05, 4.69) is 15.2 Å². The molecule has 1 saturated heterocycles. The fourth-order valence-corrected chi connectivity index (χ4v) is 3.45. The first-order chi connectivity index (χ1) is 15.6. The molecule has 0 atom stereocenters. The summed E-state index contributed by atoms with van der Waals surface area (Å²) in [6.45, 7) is 3.11. The molecule has 10 heteroatoms. The Kier molecular flexibility index (Phi) is 6.61. The standard InChI is InChI=1S/C22H23N5O5/c28-22(24-18-4-1-3-17(13-18)15-31-16-20-5-2-12-32-20)26-10-8-25(9-11-26)19-6-7-21(23-14-19)27(29)30/h1-7,12-14H,8-11,15-16H2,(H,24,28). The largest absolute Gasteiger partial charge is 0.467 e. The van der Waals surface area contributed by atoms with Gasteiger partial charge in [-0.1, -0.05) is 12.1 Å². The number of nitro groups is 1. The predicted octanol–water partition coefficient (Wildman–Crippen LogP) is 3.65. The summed E-state index contributed by atoms with van der Waals surface area (Å²) in [5.74, 6) is 0.582. The summed E-state index contributed by atoms with van der Waals surface area (Å²) in [4.78, 5) is 30.6. The zero-order chi connectivity index (χ0) is 22.3. The minimum Gasteiger partial charge on any atom is -0.467 e. The molecule has 3 heterocycles. The van der Waals surface area contributed by atoms with E-state index in [-0.39, 0.29) is 11.8 Å². The van der Waals surface area contributed by atoms with Crippen molar-refractivity contribution in [1.29, 1.82) is 0 Å². The normalized spacial score (nSPS) is 13.8. The van der Waals surface area contributed by atoms with Crippen LogP contribution in [0.1, 0.15) is 11.3 Å². The maximum atomic E-state index is 12.7. The number of urea groups is 1. The summed E-state index contributed by atoms with van der Waals surface area (Å²) in [6, 6.07) is 14.1. The van der Waals surface area contributed by atoms with Gasteiger partial charge >= 0.3 is 11.8 Å². The number of anilines is 2. The van der Waals surface area contributed by atoms with Gasteiger partial charge in [-0.25, -0.2) is 4.79 Å². The third kappa shape index (κ3) is 5.41. The van der Waals surface area contributed by atoms with Gasteiger partial charge in [0.05, 0.1) is 18.6 Å². The summed E-state index contributed by atoms with van der Waals surface area (Å²) < 4.78 is 10.9. The lowest BCUT2D eigenvalue weighted by Crippen LogP contribution is -2.50. The van der Waals surface area contributed by atoms with Crippen LogP contribution >= 0.6 is 0 Å². The topological polar surface area (TPSA) is 114 Å². The smallest absolute Gasteiger partial charge is 0.363 e. The highest BCUT2D eigenvalue weighted by atomic mass is 16.6. The highest BCUT2D eigenvalue weighted by Crippen LogP contribution is 2.19. The van der Waals surface area contributed by atoms with Crippen LogP contribution in [0.15, 0.2) is 65.4 Å². The number of amides is 2. The SMILES string of the molecule is O=C(Nc1cccc(COCc2ccco2)c1)N1CCN(c2ccc([N+](=O)[O-])nc2)CC1. The van der Waals surface area contributed by atoms with Crippen molar-refractivity contribution in [1.82, 2.24) is 9.88 Å². The van der Waals surface area contributed by atoms with E-state index in [1.807, 2.05) is 36.4 Å². The van der Waals surface area contributed by atoms with Gasteiger partial charge in [-0.3, -0.25) is 0 Å². The van der Waals surface area contributed by atoms with E-state index in [9.17, 15) is 14.9 Å². The molecule has 32 heavy (non-hydrogen) atoms. The van der Waals surface area contributed by atoms with Crippen LogP contribution in [0.2, 0.25) is 0 Å². The Bertz CT molecular complexity index is 1050. The van der Waals surface area contributed by atoms with Gasteiger partial charge in [0.25, 0.3) is 0 Å². The van der Waals surface area contributed by atoms with Crippen molar-refractivity contribution in [3.63, 3.8) is 0 Å². The molecule has 166 valence electrons. The summed E-state index contributed by atoms with van der Waals surface area (Å²) in [5, 5.41) is 13.7. The number of nitrogens with one attached hydrogen (secondary N) is 1. The highest BCUT2D eigenvalue weighted by molar-refractivity contribution is 5.89. The molecular weight excluding hydrogens is 414 g/mol. The number of rotatable bonds is 7. The Labute approximate surface area is 184 Å². The van der Waals surface area contributed by atoms with Crippen molar-refractivity contribution in [3.05, 3.63) is 82.4 Å². The van der Waals surface area contributed by atoms with E-state index in [1.165, 1.54) is 12.3 Å². The Morgan fingerprint density at radius 1 is 1.12 bits per heavy atom. The molecule has 0 aliphatic carbocycles. The van der Waals surface area contributed by atoms with E-state index in [1.54, 1.807) is 17.2 Å². The molecule has 10 nitrogen and oxygen atoms in total. The maximum absolute atomic E-state index is 12.7. The van der Waals surface area contributed by atoms with Crippen molar-refractivity contribution < 1.29 is 18.9 Å². The quantitative estimate of drug-likeness (QED) is 0.443. The van der Waals surface area contributed by atoms with Crippen LogP contribution in [-0.4, -0.2) is 47.0 Å². The second kappa shape index (κ2) is 9.92. The van der Waals surface area contributed by atoms with Gasteiger partial charge < -0.3 is 34.4 Å². The number of carbonyl (C=O) groups excluding carboxylic acids is 1. The van der Waals surface area contributed by atoms with E-state index in [0.717, 1.165) is 17.0 Å². The van der Waals surface area contributed by atoms with Gasteiger partial charge in [0.2, 0.25) is 0 Å². The second-order valence-electron chi connectivity index (χ2n) is 7.31. The van der Waals surface area contributed by atoms with E-state index in [0.29, 0.717) is 45.1 Å². The van der Waals surface area contributed by atoms with Crippen LogP contribution in [-0.2, 0) is 18.0 Å². The third-order valence-corrected chi connectivity index (χ3v) is 5.12. The summed E-state index contributed by atoms with van der Waals surface area (Å²) in [7, 11) is 0. The van der Waals surface area contributed by atoms with E-state index < -0.39 is 4.92 Å². The number of hydrogen-bond acceptors (Lipinski definition) is 7. The van der Waals surface area contributed by atoms with Gasteiger partial charge in [-0.05, 0) is 45.8 Å². The molecule has 1 fully saturated rings. The predicted molar refractivity (Wildman–Crippen MR) is 117 cm³/mol. The van der Waals surface area contributed by atoms with Crippen molar-refractivity contribution in [3.8, 4) is 0 Å². The first kappa shape index (κ1) is 21.3. The number of piperazine rings is 1. The number of nitrogens with zero attached hydrogens (tertiary/aromatic N) is 4. The Hall–Kier alpha value is -3.92. The van der Waals surface area contributed by atoms with Gasteiger partial charge in [0.1, 0.15) is 12.4 Å². The van der Waals surface area contributed by atoms with E-state index in [4.69, 9.17) is 9.15 Å². The zero-order valence-electron chi connectivity index (χ0n) is 17.3. The molecular formula is C22H23N5O5. The van der Waals surface area contributed by atoms with Crippen LogP contribution < -0.4 is 10.2 Å². The Morgan fingerprint density at radius 3 is 2.66 bits per heavy atom. The minimum absolute atomic E-state index is 0.167. The molecule has 4 rings (SSSR count). The summed E-state index contributed by atoms with van der Waals surface area (Å²) in [6.07, 6.45) is 3.10. The number of furan rings is 1. The molecule has 3 aromatic rings. The molecule has 0 bridgehead atoms. The first-order valence-electron chi connectivity index (χ1n) is 10.2. The van der Waals surface area contributed by atoms with Gasteiger partial charge in [-0.15, -0.1) is 0 Å². The fourth-order valence-electron chi connectivity index (χ4n) is 3.45. The molecule has 0 unspecified atom stereocenters. The fraction of sp³-hybridized carbons (Fsp3) is 0.273. The molecule has 1 N–H and O–H groups in total. The highest BCUT2D eigenvalue weighted by Gasteiger charge is 2.22. The number of carbonyl (C=O) groups is 1. The first-order valence-corrected chi connectivity index (χ1v) is 10.2. The summed E-state index contributed by atoms with van der Waals surface area (Å²) in [5.41, 5.74) is 2.46. The summed E-state index contributed by atoms with van der Waals surface area (Å²) >= 11 is 0. The van der Waals surface area contributed by atoms with Gasteiger partial charge in [-0.2, -0.15) is 0 Å². The van der Waals surface area contributed by atoms with Crippen LogP contribution in [0.25, 0.3) is 0 Å². The number of pyridine rings is 1. The number of benzene rings is 1. The van der Waals surface area contributed by atoms with Gasteiger partial charge in [0, 0.05) is 37.9 Å². The lowest BCUT2D eigenvalue weighted by molar-refractivity contribution is -0.389. The van der Waals surface area contributed by atoms with Crippen LogP contribution in [0.5, 0.6) is 0 Å². The minimum atomic E-state index is -0.522. The molecule has 0 spiro atoms. The zero-order valence-corrected chi connectivity index (χ0v) is 17.3. The number of ether oxygens (including phenoxy) is 1. The maximum Gasteiger partial charge on any atom is 0.363 e. The molecule has 0 radical (unpaired) electrons. The average molecular weight is 437 g/mol. The molecule has 1 aromatic carbocycles. The van der Waals surface area contributed by atoms with Crippen molar-refractivity contribution in [2.45, 2.75) is 13.2 Å². The lowest BCUT2D eigenvalue weighted by atomic mass is 10.2. The Balaban J connectivity index is 1.26. The monoisotopic (exact) mass is 437 g/mol. The Morgan fingerprint density at radius 2 is 1.97 bits per heavy atom. The van der Waals surface area contributed by atoms with Crippen LogP contribution in [0.4, 0.5) is 22.0 Å². The second-order valence-corrected chi connectivity index (χ2v) is 7.31. The van der Waals surface area contributed by atoms with Crippen molar-refractivity contribution in [2.75, 3.05) is 36.4 Å². The lowest BCUT2D eigenvalue weighted by Gasteiger charge is -2.35. The molecule has 1 aliphatic rings. The molecule has 2 amide bonds. The van der Waals surface area contributed by atoms with Gasteiger partial charge in [0.15, 0.2) is 6.20 Å². The third-order valence-electron chi connectivity index (χ3n) is 5.12. The van der Waals surface area contributed by atoms with Crippen LogP contribution in [0, 0.1) is 10.1 Å².